The molecule has 0 fully saturated rings. The van der Waals surface area contributed by atoms with Gasteiger partial charge in [-0.1, -0.05) is 0 Å². The monoisotopic (exact) mass is 150 g/mol. The van der Waals surface area contributed by atoms with Crippen molar-refractivity contribution in [3.05, 3.63) is 29.3 Å². The van der Waals surface area contributed by atoms with Gasteiger partial charge in [-0.2, -0.15) is 0 Å². The molecule has 2 nitrogen and oxygen atoms in total. The third kappa shape index (κ3) is 3.21. The zero-order valence-electron chi connectivity index (χ0n) is 6.70. The zero-order valence-corrected chi connectivity index (χ0v) is 6.70. The summed E-state index contributed by atoms with van der Waals surface area (Å²) in [5.41, 5.74) is 3.26. The van der Waals surface area contributed by atoms with Gasteiger partial charge in [0.1, 0.15) is 0 Å². The van der Waals surface area contributed by atoms with E-state index >= 15 is 0 Å². The molecule has 11 heavy (non-hydrogen) atoms. The summed E-state index contributed by atoms with van der Waals surface area (Å²) in [6, 6.07) is 6.08. The second-order valence-corrected chi connectivity index (χ2v) is 2.36. The third-order valence-electron chi connectivity index (χ3n) is 1.43. The first-order valence-electron chi connectivity index (χ1n) is 3.03. The summed E-state index contributed by atoms with van der Waals surface area (Å²) in [5.74, 6) is 0. The van der Waals surface area contributed by atoms with Crippen LogP contribution in [-0.2, 0) is 0 Å². The van der Waals surface area contributed by atoms with Gasteiger partial charge in [-0.3, -0.25) is 0 Å². The molecular weight excluding hydrogens is 139 g/mol. The van der Waals surface area contributed by atoms with Gasteiger partial charge in [0, 0.05) is 0 Å². The van der Waals surface area contributed by atoms with Crippen molar-refractivity contribution >= 4 is 13.3 Å². The van der Waals surface area contributed by atoms with E-state index in [-0.39, 0.29) is 11.0 Å². The molecule has 3 heteroatoms. The van der Waals surface area contributed by atoms with Crippen molar-refractivity contribution in [1.29, 1.82) is 0 Å². The van der Waals surface area contributed by atoms with Crippen LogP contribution in [0.1, 0.15) is 11.1 Å². The van der Waals surface area contributed by atoms with E-state index in [0.717, 1.165) is 11.0 Å². The van der Waals surface area contributed by atoms with E-state index in [1.165, 1.54) is 5.56 Å². The molecule has 0 aromatic heterocycles. The molecule has 58 valence electrons. The largest absolute Gasteiger partial charge is 0.870 e. The summed E-state index contributed by atoms with van der Waals surface area (Å²) >= 11 is 0. The molecule has 0 atom stereocenters. The van der Waals surface area contributed by atoms with Crippen LogP contribution in [0.15, 0.2) is 18.2 Å². The topological polar surface area (TPSA) is 60.0 Å². The van der Waals surface area contributed by atoms with Gasteiger partial charge in [-0.05, 0) is 0 Å². The summed E-state index contributed by atoms with van der Waals surface area (Å²) in [6.45, 7) is 4.05. The SMILES string of the molecule is [B+2]c1cc(C)ccc1C.[OH-].[OH-]. The van der Waals surface area contributed by atoms with Gasteiger partial charge < -0.3 is 11.0 Å². The van der Waals surface area contributed by atoms with Gasteiger partial charge >= 0.3 is 56.5 Å². The molecule has 2 N–H and O–H groups in total. The smallest absolute Gasteiger partial charge is 0.870 e. The van der Waals surface area contributed by atoms with Gasteiger partial charge in [0.05, 0.1) is 0 Å². The molecule has 0 heterocycles. The summed E-state index contributed by atoms with van der Waals surface area (Å²) < 4.78 is 0. The predicted octanol–water partition coefficient (Wildman–Crippen LogP) is 0.744. The fourth-order valence-electron chi connectivity index (χ4n) is 0.760. The van der Waals surface area contributed by atoms with Crippen LogP contribution in [0.2, 0.25) is 0 Å². The summed E-state index contributed by atoms with van der Waals surface area (Å²) in [4.78, 5) is 0. The van der Waals surface area contributed by atoms with Gasteiger partial charge in [-0.15, -0.1) is 0 Å². The molecule has 0 saturated heterocycles. The van der Waals surface area contributed by atoms with Crippen molar-refractivity contribution < 1.29 is 11.0 Å². The van der Waals surface area contributed by atoms with E-state index in [1.807, 2.05) is 26.0 Å². The Morgan fingerprint density at radius 2 is 1.64 bits per heavy atom. The Morgan fingerprint density at radius 1 is 1.09 bits per heavy atom. The minimum absolute atomic E-state index is 0. The first-order chi connectivity index (χ1) is 4.20. The Hall–Kier alpha value is -0.795. The Kier molecular flexibility index (Phi) is 5.76. The van der Waals surface area contributed by atoms with E-state index in [9.17, 15) is 0 Å². The maximum absolute atomic E-state index is 5.62. The maximum atomic E-state index is 5.62. The van der Waals surface area contributed by atoms with E-state index in [0.29, 0.717) is 0 Å². The molecule has 1 aromatic rings. The normalized spacial score (nSPS) is 8.00. The first kappa shape index (κ1) is 12.8. The van der Waals surface area contributed by atoms with E-state index in [4.69, 9.17) is 7.85 Å². The number of hydrogen-bond acceptors (Lipinski definition) is 2. The van der Waals surface area contributed by atoms with Crippen LogP contribution in [0.5, 0.6) is 0 Å². The fraction of sp³-hybridized carbons (Fsp3) is 0.250. The van der Waals surface area contributed by atoms with Crippen molar-refractivity contribution in [3.63, 3.8) is 0 Å². The van der Waals surface area contributed by atoms with Crippen LogP contribution in [-0.4, -0.2) is 18.8 Å². The quantitative estimate of drug-likeness (QED) is 0.512. The maximum Gasteiger partial charge on any atom is -0.870 e. The molecular formula is C8H11BO2. The predicted molar refractivity (Wildman–Crippen MR) is 45.2 cm³/mol. The zero-order chi connectivity index (χ0) is 6.85. The second kappa shape index (κ2) is 4.94. The Balaban J connectivity index is 0. The third-order valence-corrected chi connectivity index (χ3v) is 1.43. The molecule has 0 aliphatic carbocycles. The molecule has 0 unspecified atom stereocenters. The minimum atomic E-state index is 0. The molecule has 0 aliphatic heterocycles. The number of benzene rings is 1. The van der Waals surface area contributed by atoms with Gasteiger partial charge in [0.2, 0.25) is 0 Å². The van der Waals surface area contributed by atoms with Gasteiger partial charge in [0.15, 0.2) is 0 Å². The first-order valence-corrected chi connectivity index (χ1v) is 3.03. The molecule has 0 spiro atoms. The summed E-state index contributed by atoms with van der Waals surface area (Å²) in [6.07, 6.45) is 0. The number of hydrogen-bond donors (Lipinski definition) is 0. The molecule has 0 amide bonds. The van der Waals surface area contributed by atoms with Crippen molar-refractivity contribution in [2.24, 2.45) is 0 Å². The minimum Gasteiger partial charge on any atom is -0.870 e. The number of aryl methyl sites for hydroxylation is 2. The van der Waals surface area contributed by atoms with Crippen LogP contribution < -0.4 is 5.46 Å². The summed E-state index contributed by atoms with van der Waals surface area (Å²) in [7, 11) is 5.62. The van der Waals surface area contributed by atoms with Crippen LogP contribution >= 0.6 is 0 Å². The van der Waals surface area contributed by atoms with Crippen molar-refractivity contribution in [3.8, 4) is 0 Å². The number of rotatable bonds is 0. The molecule has 1 aromatic carbocycles. The fourth-order valence-corrected chi connectivity index (χ4v) is 0.760. The Labute approximate surface area is 68.3 Å². The van der Waals surface area contributed by atoms with E-state index < -0.39 is 0 Å². The molecule has 0 radical (unpaired) electrons. The molecule has 1 rings (SSSR count). The van der Waals surface area contributed by atoms with Crippen LogP contribution in [0, 0.1) is 13.8 Å². The van der Waals surface area contributed by atoms with E-state index in [1.54, 1.807) is 0 Å². The van der Waals surface area contributed by atoms with E-state index in [2.05, 4.69) is 6.07 Å². The van der Waals surface area contributed by atoms with Crippen LogP contribution in [0.4, 0.5) is 0 Å². The Morgan fingerprint density at radius 3 is 2.00 bits per heavy atom. The van der Waals surface area contributed by atoms with Crippen molar-refractivity contribution in [1.82, 2.24) is 0 Å². The summed E-state index contributed by atoms with van der Waals surface area (Å²) in [5, 5.41) is 0. The molecule has 0 saturated carbocycles. The molecule has 0 bridgehead atoms. The van der Waals surface area contributed by atoms with Gasteiger partial charge in [-0.25, -0.2) is 0 Å². The second-order valence-electron chi connectivity index (χ2n) is 2.36. The molecule has 0 aliphatic rings. The average Bonchev–Trinajstić information content (AvgIpc) is 1.80. The van der Waals surface area contributed by atoms with Crippen molar-refractivity contribution in [2.45, 2.75) is 13.8 Å². The Bertz CT molecular complexity index is 223. The van der Waals surface area contributed by atoms with Gasteiger partial charge in [0.25, 0.3) is 0 Å². The standard InChI is InChI=1S/C8H9B.2H2O/c1-6-3-4-7(2)8(9)5-6;;/h3-5H,1-2H3;2*1H2/q+2;;/p-2. The van der Waals surface area contributed by atoms with Crippen LogP contribution in [0.3, 0.4) is 0 Å². The van der Waals surface area contributed by atoms with Crippen LogP contribution in [0.25, 0.3) is 0 Å². The van der Waals surface area contributed by atoms with Crippen molar-refractivity contribution in [2.75, 3.05) is 0 Å². The average molecular weight is 150 g/mol.